The predicted octanol–water partition coefficient (Wildman–Crippen LogP) is 3.34. The Morgan fingerprint density at radius 2 is 1.73 bits per heavy atom. The van der Waals surface area contributed by atoms with Gasteiger partial charge in [0.15, 0.2) is 5.13 Å². The summed E-state index contributed by atoms with van der Waals surface area (Å²) >= 11 is 1.50. The van der Waals surface area contributed by atoms with Crippen molar-refractivity contribution in [2.75, 3.05) is 5.32 Å². The largest absolute Gasteiger partial charge is 0.319 e. The molecule has 5 nitrogen and oxygen atoms in total. The van der Waals surface area contributed by atoms with E-state index in [1.165, 1.54) is 11.3 Å². The third-order valence-corrected chi connectivity index (χ3v) is 3.98. The molecule has 1 atom stereocenters. The number of nitrogens with one attached hydrogen (secondary N) is 1. The van der Waals surface area contributed by atoms with Crippen LogP contribution in [0.4, 0.5) is 11.1 Å². The van der Waals surface area contributed by atoms with E-state index < -0.39 is 0 Å². The summed E-state index contributed by atoms with van der Waals surface area (Å²) in [7, 11) is 0. The van der Waals surface area contributed by atoms with Crippen LogP contribution < -0.4 is 11.1 Å². The number of rotatable bonds is 4. The van der Waals surface area contributed by atoms with Crippen molar-refractivity contribution in [2.24, 2.45) is 5.73 Å². The van der Waals surface area contributed by atoms with Crippen molar-refractivity contribution in [2.45, 2.75) is 19.9 Å². The molecule has 0 saturated carbocycles. The molecular formula is C16H17N5S. The van der Waals surface area contributed by atoms with Crippen LogP contribution in [0.25, 0.3) is 0 Å². The normalized spacial score (nSPS) is 12.1. The number of nitrogens with zero attached hydrogens (tertiary/aromatic N) is 3. The Balaban J connectivity index is 1.79. The molecule has 3 N–H and O–H groups in total. The number of thiazole rings is 1. The van der Waals surface area contributed by atoms with Gasteiger partial charge in [0.2, 0.25) is 5.95 Å². The molecule has 3 aromatic rings. The van der Waals surface area contributed by atoms with Gasteiger partial charge in [-0.3, -0.25) is 0 Å². The molecule has 0 aliphatic carbocycles. The molecule has 0 spiro atoms. The van der Waals surface area contributed by atoms with Gasteiger partial charge in [0.05, 0.1) is 11.7 Å². The van der Waals surface area contributed by atoms with Crippen molar-refractivity contribution in [3.8, 4) is 0 Å². The Bertz CT molecular complexity index is 749. The minimum atomic E-state index is -0.229. The fourth-order valence-electron chi connectivity index (χ4n) is 2.20. The third kappa shape index (κ3) is 3.29. The number of aromatic nitrogens is 3. The van der Waals surface area contributed by atoms with Crippen molar-refractivity contribution in [3.63, 3.8) is 0 Å². The quantitative estimate of drug-likeness (QED) is 0.772. The first-order valence-corrected chi connectivity index (χ1v) is 7.85. The van der Waals surface area contributed by atoms with Gasteiger partial charge in [-0.25, -0.2) is 15.0 Å². The first kappa shape index (κ1) is 14.6. The van der Waals surface area contributed by atoms with Gasteiger partial charge in [-0.1, -0.05) is 30.3 Å². The molecule has 0 aliphatic heterocycles. The van der Waals surface area contributed by atoms with Gasteiger partial charge in [-0.05, 0) is 25.5 Å². The second-order valence-corrected chi connectivity index (χ2v) is 5.92. The summed E-state index contributed by atoms with van der Waals surface area (Å²) in [5, 5.41) is 5.84. The lowest BCUT2D eigenvalue weighted by molar-refractivity contribution is 0.840. The Morgan fingerprint density at radius 1 is 1.05 bits per heavy atom. The molecule has 0 aliphatic rings. The van der Waals surface area contributed by atoms with E-state index in [2.05, 4.69) is 20.3 Å². The van der Waals surface area contributed by atoms with Crippen molar-refractivity contribution in [1.29, 1.82) is 0 Å². The zero-order chi connectivity index (χ0) is 15.5. The Labute approximate surface area is 133 Å². The van der Waals surface area contributed by atoms with E-state index in [9.17, 15) is 0 Å². The second kappa shape index (κ2) is 6.21. The molecule has 1 unspecified atom stereocenters. The van der Waals surface area contributed by atoms with Crippen LogP contribution in [0.5, 0.6) is 0 Å². The average molecular weight is 311 g/mol. The van der Waals surface area contributed by atoms with Gasteiger partial charge in [0.1, 0.15) is 0 Å². The molecule has 1 aromatic carbocycles. The smallest absolute Gasteiger partial charge is 0.229 e. The Morgan fingerprint density at radius 3 is 2.41 bits per heavy atom. The molecule has 0 fully saturated rings. The summed E-state index contributed by atoms with van der Waals surface area (Å²) in [5.74, 6) is 0.562. The van der Waals surface area contributed by atoms with E-state index in [4.69, 9.17) is 5.73 Å². The maximum absolute atomic E-state index is 6.26. The molecule has 0 saturated heterocycles. The minimum absolute atomic E-state index is 0.229. The number of nitrogens with two attached hydrogens (primary N) is 1. The summed E-state index contributed by atoms with van der Waals surface area (Å²) in [6.45, 7) is 3.89. The number of hydrogen-bond donors (Lipinski definition) is 2. The van der Waals surface area contributed by atoms with Gasteiger partial charge in [0, 0.05) is 16.8 Å². The third-order valence-electron chi connectivity index (χ3n) is 3.20. The van der Waals surface area contributed by atoms with E-state index >= 15 is 0 Å². The topological polar surface area (TPSA) is 76.7 Å². The predicted molar refractivity (Wildman–Crippen MR) is 89.4 cm³/mol. The first-order chi connectivity index (χ1) is 10.6. The number of aryl methyl sites for hydroxylation is 2. The maximum Gasteiger partial charge on any atom is 0.229 e. The second-order valence-electron chi connectivity index (χ2n) is 5.07. The highest BCUT2D eigenvalue weighted by Gasteiger charge is 2.13. The summed E-state index contributed by atoms with van der Waals surface area (Å²) in [6.07, 6.45) is 0. The van der Waals surface area contributed by atoms with E-state index in [-0.39, 0.29) is 6.04 Å². The van der Waals surface area contributed by atoms with Crippen LogP contribution >= 0.6 is 11.3 Å². The maximum atomic E-state index is 6.26. The van der Waals surface area contributed by atoms with Crippen LogP contribution in [0.15, 0.2) is 41.8 Å². The van der Waals surface area contributed by atoms with E-state index in [1.807, 2.05) is 55.6 Å². The molecule has 3 rings (SSSR count). The summed E-state index contributed by atoms with van der Waals surface area (Å²) < 4.78 is 0. The van der Waals surface area contributed by atoms with Crippen molar-refractivity contribution in [3.05, 3.63) is 64.4 Å². The van der Waals surface area contributed by atoms with Gasteiger partial charge in [-0.15, -0.1) is 11.3 Å². The van der Waals surface area contributed by atoms with E-state index in [0.717, 1.165) is 27.8 Å². The monoisotopic (exact) mass is 311 g/mol. The van der Waals surface area contributed by atoms with Crippen molar-refractivity contribution in [1.82, 2.24) is 15.0 Å². The Hall–Kier alpha value is -2.31. The van der Waals surface area contributed by atoms with Gasteiger partial charge in [-0.2, -0.15) is 0 Å². The summed E-state index contributed by atoms with van der Waals surface area (Å²) in [5.41, 5.74) is 9.98. The van der Waals surface area contributed by atoms with Crippen molar-refractivity contribution >= 4 is 22.4 Å². The fourth-order valence-corrected chi connectivity index (χ4v) is 2.94. The van der Waals surface area contributed by atoms with Gasteiger partial charge in [0.25, 0.3) is 0 Å². The highest BCUT2D eigenvalue weighted by Crippen LogP contribution is 2.25. The minimum Gasteiger partial charge on any atom is -0.319 e. The van der Waals surface area contributed by atoms with Crippen LogP contribution in [-0.2, 0) is 0 Å². The van der Waals surface area contributed by atoms with Crippen LogP contribution in [0.3, 0.4) is 0 Å². The Kier molecular flexibility index (Phi) is 4.13. The zero-order valence-corrected chi connectivity index (χ0v) is 13.3. The number of anilines is 2. The molecule has 6 heteroatoms. The van der Waals surface area contributed by atoms with Gasteiger partial charge >= 0.3 is 0 Å². The molecule has 0 radical (unpaired) electrons. The first-order valence-electron chi connectivity index (χ1n) is 6.97. The van der Waals surface area contributed by atoms with E-state index in [1.54, 1.807) is 0 Å². The molecule has 2 heterocycles. The molecule has 112 valence electrons. The van der Waals surface area contributed by atoms with Crippen LogP contribution in [0, 0.1) is 13.8 Å². The van der Waals surface area contributed by atoms with E-state index in [0.29, 0.717) is 5.95 Å². The lowest BCUT2D eigenvalue weighted by Crippen LogP contribution is -2.12. The fraction of sp³-hybridized carbons (Fsp3) is 0.188. The molecule has 0 bridgehead atoms. The lowest BCUT2D eigenvalue weighted by atomic mass is 10.1. The highest BCUT2D eigenvalue weighted by atomic mass is 32.1. The van der Waals surface area contributed by atoms with Gasteiger partial charge < -0.3 is 11.1 Å². The van der Waals surface area contributed by atoms with Crippen LogP contribution in [0.2, 0.25) is 0 Å². The molecule has 22 heavy (non-hydrogen) atoms. The summed E-state index contributed by atoms with van der Waals surface area (Å²) in [4.78, 5) is 13.3. The SMILES string of the molecule is Cc1cc(C)nc(Nc2nc(C(N)c3ccccc3)cs2)n1. The molecule has 0 amide bonds. The molecular weight excluding hydrogens is 294 g/mol. The van der Waals surface area contributed by atoms with Crippen LogP contribution in [-0.4, -0.2) is 15.0 Å². The highest BCUT2D eigenvalue weighted by molar-refractivity contribution is 7.13. The molecule has 2 aromatic heterocycles. The zero-order valence-electron chi connectivity index (χ0n) is 12.4. The lowest BCUT2D eigenvalue weighted by Gasteiger charge is -2.08. The number of hydrogen-bond acceptors (Lipinski definition) is 6. The van der Waals surface area contributed by atoms with Crippen molar-refractivity contribution < 1.29 is 0 Å². The number of benzene rings is 1. The standard InChI is InChI=1S/C16H17N5S/c1-10-8-11(2)19-15(18-10)21-16-20-13(9-22-16)14(17)12-6-4-3-5-7-12/h3-9,14H,17H2,1-2H3,(H,18,19,20,21). The average Bonchev–Trinajstić information content (AvgIpc) is 2.95. The van der Waals surface area contributed by atoms with Crippen LogP contribution in [0.1, 0.15) is 28.7 Å². The summed E-state index contributed by atoms with van der Waals surface area (Å²) in [6, 6.07) is 11.6.